The molecule has 19 heavy (non-hydrogen) atoms. The first-order valence-corrected chi connectivity index (χ1v) is 6.68. The van der Waals surface area contributed by atoms with E-state index in [-0.39, 0.29) is 6.04 Å². The van der Waals surface area contributed by atoms with Crippen LogP contribution in [0.1, 0.15) is 12.5 Å². The Morgan fingerprint density at radius 3 is 2.74 bits per heavy atom. The number of nitrogens with one attached hydrogen (secondary N) is 1. The topological polar surface area (TPSA) is 39.1 Å². The number of aromatic nitrogens is 2. The van der Waals surface area contributed by atoms with Crippen molar-refractivity contribution >= 4 is 0 Å². The van der Waals surface area contributed by atoms with Gasteiger partial charge in [-0.1, -0.05) is 18.2 Å². The van der Waals surface area contributed by atoms with E-state index in [2.05, 4.69) is 23.5 Å². The summed E-state index contributed by atoms with van der Waals surface area (Å²) in [5.41, 5.74) is 1.23. The standard InChI is InChI=1S/C15H21N3O/c1-3-18-11-13(10-17-18)9-14(16-2)12-19-15-7-5-4-6-8-15/h4-8,10-11,14,16H,3,9,12H2,1-2H3. The molecular formula is C15H21N3O. The van der Waals surface area contributed by atoms with Crippen LogP contribution in [0.4, 0.5) is 0 Å². The smallest absolute Gasteiger partial charge is 0.119 e. The average molecular weight is 259 g/mol. The molecule has 0 aliphatic rings. The van der Waals surface area contributed by atoms with Gasteiger partial charge in [-0.05, 0) is 38.1 Å². The molecular weight excluding hydrogens is 238 g/mol. The van der Waals surface area contributed by atoms with E-state index in [0.29, 0.717) is 6.61 Å². The van der Waals surface area contributed by atoms with Gasteiger partial charge in [0.25, 0.3) is 0 Å². The molecule has 0 spiro atoms. The highest BCUT2D eigenvalue weighted by Gasteiger charge is 2.09. The van der Waals surface area contributed by atoms with E-state index in [9.17, 15) is 0 Å². The van der Waals surface area contributed by atoms with Crippen molar-refractivity contribution < 1.29 is 4.74 Å². The summed E-state index contributed by atoms with van der Waals surface area (Å²) < 4.78 is 7.72. The Morgan fingerprint density at radius 1 is 1.32 bits per heavy atom. The highest BCUT2D eigenvalue weighted by Crippen LogP contribution is 2.10. The monoisotopic (exact) mass is 259 g/mol. The second-order valence-corrected chi connectivity index (χ2v) is 4.52. The van der Waals surface area contributed by atoms with Crippen molar-refractivity contribution in [2.45, 2.75) is 25.9 Å². The summed E-state index contributed by atoms with van der Waals surface area (Å²) >= 11 is 0. The van der Waals surface area contributed by atoms with Gasteiger partial charge in [-0.3, -0.25) is 4.68 Å². The fraction of sp³-hybridized carbons (Fsp3) is 0.400. The molecule has 1 aromatic heterocycles. The fourth-order valence-corrected chi connectivity index (χ4v) is 1.93. The summed E-state index contributed by atoms with van der Waals surface area (Å²) in [6.45, 7) is 3.65. The number of para-hydroxylation sites is 1. The molecule has 2 rings (SSSR count). The number of hydrogen-bond donors (Lipinski definition) is 1. The first kappa shape index (κ1) is 13.6. The Kier molecular flexibility index (Phi) is 4.98. The number of hydrogen-bond acceptors (Lipinski definition) is 3. The second kappa shape index (κ2) is 6.95. The molecule has 0 aliphatic heterocycles. The SMILES string of the molecule is CCn1cc(CC(COc2ccccc2)NC)cn1. The predicted molar refractivity (Wildman–Crippen MR) is 76.4 cm³/mol. The molecule has 1 atom stereocenters. The van der Waals surface area contributed by atoms with Crippen molar-refractivity contribution in [2.75, 3.05) is 13.7 Å². The zero-order chi connectivity index (χ0) is 13.5. The van der Waals surface area contributed by atoms with Crippen LogP contribution in [-0.4, -0.2) is 29.5 Å². The summed E-state index contributed by atoms with van der Waals surface area (Å²) in [5, 5.41) is 7.57. The molecule has 1 aromatic carbocycles. The molecule has 0 aliphatic carbocycles. The van der Waals surface area contributed by atoms with Crippen LogP contribution in [0, 0.1) is 0 Å². The minimum atomic E-state index is 0.287. The van der Waals surface area contributed by atoms with Crippen molar-refractivity contribution in [1.29, 1.82) is 0 Å². The van der Waals surface area contributed by atoms with E-state index in [1.807, 2.05) is 48.3 Å². The molecule has 0 saturated carbocycles. The molecule has 0 radical (unpaired) electrons. The van der Waals surface area contributed by atoms with Crippen LogP contribution in [0.3, 0.4) is 0 Å². The number of nitrogens with zero attached hydrogens (tertiary/aromatic N) is 2. The van der Waals surface area contributed by atoms with Gasteiger partial charge in [-0.25, -0.2) is 0 Å². The lowest BCUT2D eigenvalue weighted by atomic mass is 10.1. The molecule has 0 saturated heterocycles. The number of ether oxygens (including phenoxy) is 1. The van der Waals surface area contributed by atoms with Crippen LogP contribution in [0.25, 0.3) is 0 Å². The van der Waals surface area contributed by atoms with Crippen LogP contribution in [0.5, 0.6) is 5.75 Å². The van der Waals surface area contributed by atoms with Gasteiger partial charge < -0.3 is 10.1 Å². The molecule has 0 amide bonds. The first-order valence-electron chi connectivity index (χ1n) is 6.68. The fourth-order valence-electron chi connectivity index (χ4n) is 1.93. The first-order chi connectivity index (χ1) is 9.31. The van der Waals surface area contributed by atoms with Crippen LogP contribution in [-0.2, 0) is 13.0 Å². The van der Waals surface area contributed by atoms with Gasteiger partial charge in [-0.15, -0.1) is 0 Å². The van der Waals surface area contributed by atoms with E-state index >= 15 is 0 Å². The van der Waals surface area contributed by atoms with Crippen molar-refractivity contribution in [3.8, 4) is 5.75 Å². The van der Waals surface area contributed by atoms with Gasteiger partial charge in [-0.2, -0.15) is 5.10 Å². The third-order valence-electron chi connectivity index (χ3n) is 3.10. The molecule has 0 fully saturated rings. The van der Waals surface area contributed by atoms with Gasteiger partial charge in [0.15, 0.2) is 0 Å². The minimum absolute atomic E-state index is 0.287. The zero-order valence-electron chi connectivity index (χ0n) is 11.5. The lowest BCUT2D eigenvalue weighted by Gasteiger charge is -2.16. The van der Waals surface area contributed by atoms with Crippen LogP contribution in [0.15, 0.2) is 42.7 Å². The molecule has 0 bridgehead atoms. The van der Waals surface area contributed by atoms with Gasteiger partial charge in [0.2, 0.25) is 0 Å². The van der Waals surface area contributed by atoms with E-state index in [1.54, 1.807) is 0 Å². The summed E-state index contributed by atoms with van der Waals surface area (Å²) in [4.78, 5) is 0. The number of aryl methyl sites for hydroxylation is 1. The lowest BCUT2D eigenvalue weighted by Crippen LogP contribution is -2.33. The summed E-state index contributed by atoms with van der Waals surface area (Å²) in [6.07, 6.45) is 4.94. The van der Waals surface area contributed by atoms with E-state index in [1.165, 1.54) is 5.56 Å². The third-order valence-corrected chi connectivity index (χ3v) is 3.10. The van der Waals surface area contributed by atoms with Crippen LogP contribution < -0.4 is 10.1 Å². The highest BCUT2D eigenvalue weighted by molar-refractivity contribution is 5.21. The molecule has 4 heteroatoms. The maximum Gasteiger partial charge on any atom is 0.119 e. The van der Waals surface area contributed by atoms with Crippen molar-refractivity contribution in [3.05, 3.63) is 48.3 Å². The van der Waals surface area contributed by atoms with Gasteiger partial charge in [0.05, 0.1) is 6.20 Å². The molecule has 2 aromatic rings. The number of rotatable bonds is 7. The quantitative estimate of drug-likeness (QED) is 0.827. The lowest BCUT2D eigenvalue weighted by molar-refractivity contribution is 0.270. The Balaban J connectivity index is 1.86. The number of benzene rings is 1. The largest absolute Gasteiger partial charge is 0.492 e. The molecule has 102 valence electrons. The Bertz CT molecular complexity index is 481. The van der Waals surface area contributed by atoms with Crippen molar-refractivity contribution in [2.24, 2.45) is 0 Å². The van der Waals surface area contributed by atoms with Crippen LogP contribution >= 0.6 is 0 Å². The third kappa shape index (κ3) is 4.10. The molecule has 1 unspecified atom stereocenters. The minimum Gasteiger partial charge on any atom is -0.492 e. The molecule has 1 N–H and O–H groups in total. The van der Waals surface area contributed by atoms with Gasteiger partial charge in [0.1, 0.15) is 12.4 Å². The zero-order valence-corrected chi connectivity index (χ0v) is 11.5. The second-order valence-electron chi connectivity index (χ2n) is 4.52. The maximum absolute atomic E-state index is 5.77. The predicted octanol–water partition coefficient (Wildman–Crippen LogP) is 2.11. The highest BCUT2D eigenvalue weighted by atomic mass is 16.5. The molecule has 1 heterocycles. The summed E-state index contributed by atoms with van der Waals surface area (Å²) in [7, 11) is 1.96. The normalized spacial score (nSPS) is 12.3. The molecule has 4 nitrogen and oxygen atoms in total. The summed E-state index contributed by atoms with van der Waals surface area (Å²) in [6, 6.07) is 10.2. The maximum atomic E-state index is 5.77. The van der Waals surface area contributed by atoms with Crippen molar-refractivity contribution in [1.82, 2.24) is 15.1 Å². The average Bonchev–Trinajstić information content (AvgIpc) is 2.92. The van der Waals surface area contributed by atoms with Gasteiger partial charge >= 0.3 is 0 Å². The Labute approximate surface area is 114 Å². The van der Waals surface area contributed by atoms with E-state index < -0.39 is 0 Å². The Morgan fingerprint density at radius 2 is 2.11 bits per heavy atom. The van der Waals surface area contributed by atoms with Gasteiger partial charge in [0, 0.05) is 18.8 Å². The Hall–Kier alpha value is -1.81. The van der Waals surface area contributed by atoms with Crippen molar-refractivity contribution in [3.63, 3.8) is 0 Å². The number of likely N-dealkylation sites (N-methyl/N-ethyl adjacent to an activating group) is 1. The van der Waals surface area contributed by atoms with Crippen LogP contribution in [0.2, 0.25) is 0 Å². The van der Waals surface area contributed by atoms with E-state index in [0.717, 1.165) is 18.7 Å². The summed E-state index contributed by atoms with van der Waals surface area (Å²) in [5.74, 6) is 0.909. The van der Waals surface area contributed by atoms with E-state index in [4.69, 9.17) is 4.74 Å².